The lowest BCUT2D eigenvalue weighted by Gasteiger charge is -2.16. The van der Waals surface area contributed by atoms with Gasteiger partial charge in [-0.25, -0.2) is 19.3 Å². The minimum atomic E-state index is -1.17. The summed E-state index contributed by atoms with van der Waals surface area (Å²) in [5.74, 6) is 0.503. The van der Waals surface area contributed by atoms with Gasteiger partial charge in [0.05, 0.1) is 17.3 Å². The summed E-state index contributed by atoms with van der Waals surface area (Å²) in [4.78, 5) is 17.8. The van der Waals surface area contributed by atoms with E-state index in [2.05, 4.69) is 39.9 Å². The Bertz CT molecular complexity index is 1240. The lowest BCUT2D eigenvalue weighted by Crippen LogP contribution is -2.22. The number of fused-ring (bicyclic) bond motifs is 1. The highest BCUT2D eigenvalue weighted by Crippen LogP contribution is 2.28. The van der Waals surface area contributed by atoms with Crippen molar-refractivity contribution in [3.63, 3.8) is 0 Å². The molecule has 0 amide bonds. The zero-order valence-electron chi connectivity index (χ0n) is 18.8. The molecule has 0 fully saturated rings. The van der Waals surface area contributed by atoms with Crippen LogP contribution in [0.1, 0.15) is 5.69 Å². The summed E-state index contributed by atoms with van der Waals surface area (Å²) < 4.78 is 22.1. The average Bonchev–Trinajstić information content (AvgIpc) is 3.15. The van der Waals surface area contributed by atoms with Gasteiger partial charge < -0.3 is 14.6 Å². The lowest BCUT2D eigenvalue weighted by molar-refractivity contribution is 0.0899. The quantitative estimate of drug-likeness (QED) is 0.286. The Morgan fingerprint density at radius 1 is 1.09 bits per heavy atom. The zero-order chi connectivity index (χ0) is 22.7. The number of nitrogens with zero attached hydrogens (tertiary/aromatic N) is 5. The fraction of sp³-hybridized carbons (Fsp3) is 0.304. The Balaban J connectivity index is 1.72. The molecule has 0 saturated heterocycles. The van der Waals surface area contributed by atoms with E-state index >= 15 is 0 Å². The second-order valence-electron chi connectivity index (χ2n) is 8.91. The van der Waals surface area contributed by atoms with Crippen molar-refractivity contribution in [2.24, 2.45) is 0 Å². The van der Waals surface area contributed by atoms with E-state index in [1.165, 1.54) is 12.4 Å². The van der Waals surface area contributed by atoms with Crippen LogP contribution in [0.3, 0.4) is 0 Å². The Hall–Kier alpha value is -3.17. The van der Waals surface area contributed by atoms with Crippen LogP contribution >= 0.6 is 0 Å². The van der Waals surface area contributed by atoms with Crippen molar-refractivity contribution in [3.05, 3.63) is 60.4 Å². The molecule has 0 saturated carbocycles. The van der Waals surface area contributed by atoms with Crippen LogP contribution in [0.4, 0.5) is 15.9 Å². The van der Waals surface area contributed by atoms with E-state index in [4.69, 9.17) is 9.72 Å². The van der Waals surface area contributed by atoms with E-state index in [0.717, 1.165) is 17.1 Å². The highest BCUT2D eigenvalue weighted by atomic mass is 28.3. The predicted octanol–water partition coefficient (Wildman–Crippen LogP) is 5.39. The van der Waals surface area contributed by atoms with Crippen molar-refractivity contribution < 1.29 is 9.13 Å². The summed E-state index contributed by atoms with van der Waals surface area (Å²) in [5, 5.41) is 3.87. The van der Waals surface area contributed by atoms with Crippen molar-refractivity contribution in [2.75, 3.05) is 11.9 Å². The number of nitrogens with one attached hydrogen (secondary N) is 1. The number of pyridine rings is 2. The first-order valence-electron chi connectivity index (χ1n) is 10.6. The largest absolute Gasteiger partial charge is 0.361 e. The maximum absolute atomic E-state index is 14.3. The fourth-order valence-electron chi connectivity index (χ4n) is 3.19. The van der Waals surface area contributed by atoms with Gasteiger partial charge in [-0.1, -0.05) is 25.7 Å². The summed E-state index contributed by atoms with van der Waals surface area (Å²) >= 11 is 0. The molecule has 166 valence electrons. The molecule has 0 aliphatic rings. The predicted molar refractivity (Wildman–Crippen MR) is 127 cm³/mol. The standard InChI is InChI=1S/C23H27FN6OSi/c1-16-6-5-7-20(26-16)22-28-21(27-19-8-10-25-14-18(19)24)17-9-11-30(23(17)29-22)15-31-12-13-32(2,3)4/h5-11,14H,12-13,15H2,1-4H3,(H,25,27,28,29). The summed E-state index contributed by atoms with van der Waals surface area (Å²) in [6.45, 7) is 9.99. The molecule has 0 aliphatic carbocycles. The normalized spacial score (nSPS) is 11.8. The molecule has 0 radical (unpaired) electrons. The van der Waals surface area contributed by atoms with Crippen molar-refractivity contribution in [1.82, 2.24) is 24.5 Å². The molecule has 0 unspecified atom stereocenters. The smallest absolute Gasteiger partial charge is 0.182 e. The highest BCUT2D eigenvalue weighted by Gasteiger charge is 2.16. The van der Waals surface area contributed by atoms with Gasteiger partial charge in [0.25, 0.3) is 0 Å². The number of anilines is 2. The van der Waals surface area contributed by atoms with Crippen LogP contribution in [0.2, 0.25) is 25.7 Å². The first kappa shape index (κ1) is 22.0. The maximum Gasteiger partial charge on any atom is 0.182 e. The van der Waals surface area contributed by atoms with E-state index in [0.29, 0.717) is 42.0 Å². The van der Waals surface area contributed by atoms with Gasteiger partial charge in [-0.05, 0) is 37.2 Å². The average molecular weight is 451 g/mol. The number of aromatic nitrogens is 5. The van der Waals surface area contributed by atoms with Gasteiger partial charge in [0.2, 0.25) is 0 Å². The number of halogens is 1. The van der Waals surface area contributed by atoms with E-state index in [9.17, 15) is 4.39 Å². The Labute approximate surface area is 187 Å². The molecule has 0 aromatic carbocycles. The van der Waals surface area contributed by atoms with Gasteiger partial charge in [-0.15, -0.1) is 0 Å². The number of rotatable bonds is 8. The molecule has 9 heteroatoms. The van der Waals surface area contributed by atoms with Crippen LogP contribution in [-0.4, -0.2) is 39.2 Å². The number of hydrogen-bond donors (Lipinski definition) is 1. The van der Waals surface area contributed by atoms with E-state index in [-0.39, 0.29) is 0 Å². The Morgan fingerprint density at radius 2 is 1.94 bits per heavy atom. The van der Waals surface area contributed by atoms with Gasteiger partial charge in [0.15, 0.2) is 11.6 Å². The monoisotopic (exact) mass is 450 g/mol. The van der Waals surface area contributed by atoms with Gasteiger partial charge >= 0.3 is 0 Å². The van der Waals surface area contributed by atoms with Crippen LogP contribution in [-0.2, 0) is 11.5 Å². The van der Waals surface area contributed by atoms with Crippen molar-refractivity contribution >= 4 is 30.6 Å². The van der Waals surface area contributed by atoms with Gasteiger partial charge in [0, 0.05) is 32.8 Å². The third-order valence-corrected chi connectivity index (χ3v) is 6.69. The summed E-state index contributed by atoms with van der Waals surface area (Å²) in [6, 6.07) is 10.3. The van der Waals surface area contributed by atoms with Crippen LogP contribution in [0.5, 0.6) is 0 Å². The first-order valence-corrected chi connectivity index (χ1v) is 14.3. The van der Waals surface area contributed by atoms with Crippen LogP contribution in [0.15, 0.2) is 48.9 Å². The van der Waals surface area contributed by atoms with Gasteiger partial charge in [0.1, 0.15) is 23.9 Å². The number of aryl methyl sites for hydroxylation is 1. The lowest BCUT2D eigenvalue weighted by atomic mass is 10.2. The molecule has 1 N–H and O–H groups in total. The van der Waals surface area contributed by atoms with E-state index < -0.39 is 13.9 Å². The number of ether oxygens (including phenoxy) is 1. The van der Waals surface area contributed by atoms with Crippen molar-refractivity contribution in [2.45, 2.75) is 39.3 Å². The van der Waals surface area contributed by atoms with Crippen LogP contribution < -0.4 is 5.32 Å². The third-order valence-electron chi connectivity index (χ3n) is 4.99. The molecular weight excluding hydrogens is 423 g/mol. The minimum Gasteiger partial charge on any atom is -0.361 e. The molecule has 4 aromatic heterocycles. The van der Waals surface area contributed by atoms with Crippen LogP contribution in [0, 0.1) is 12.7 Å². The second kappa shape index (κ2) is 9.13. The molecule has 4 rings (SSSR count). The van der Waals surface area contributed by atoms with Crippen molar-refractivity contribution in [1.29, 1.82) is 0 Å². The molecule has 7 nitrogen and oxygen atoms in total. The Morgan fingerprint density at radius 3 is 2.69 bits per heavy atom. The molecule has 0 bridgehead atoms. The van der Waals surface area contributed by atoms with Gasteiger partial charge in [-0.2, -0.15) is 0 Å². The molecule has 32 heavy (non-hydrogen) atoms. The molecule has 0 aliphatic heterocycles. The number of hydrogen-bond acceptors (Lipinski definition) is 6. The molecule has 0 atom stereocenters. The second-order valence-corrected chi connectivity index (χ2v) is 14.5. The first-order chi connectivity index (χ1) is 15.3. The van der Waals surface area contributed by atoms with E-state index in [1.807, 2.05) is 42.0 Å². The van der Waals surface area contributed by atoms with Gasteiger partial charge in [-0.3, -0.25) is 4.98 Å². The highest BCUT2D eigenvalue weighted by molar-refractivity contribution is 6.76. The molecule has 0 spiro atoms. The molecule has 4 aromatic rings. The minimum absolute atomic E-state index is 0.294. The molecular formula is C23H27FN6OSi. The topological polar surface area (TPSA) is 77.8 Å². The molecule has 4 heterocycles. The fourth-order valence-corrected chi connectivity index (χ4v) is 3.95. The summed E-state index contributed by atoms with van der Waals surface area (Å²) in [7, 11) is -1.17. The summed E-state index contributed by atoms with van der Waals surface area (Å²) in [5.41, 5.74) is 2.51. The van der Waals surface area contributed by atoms with Crippen LogP contribution in [0.25, 0.3) is 22.6 Å². The summed E-state index contributed by atoms with van der Waals surface area (Å²) in [6.07, 6.45) is 4.61. The third kappa shape index (κ3) is 5.17. The maximum atomic E-state index is 14.3. The van der Waals surface area contributed by atoms with Crippen molar-refractivity contribution in [3.8, 4) is 11.5 Å². The SMILES string of the molecule is Cc1cccc(-c2nc(Nc3ccncc3F)c3ccn(COCC[Si](C)(C)C)c3n2)n1. The Kier molecular flexibility index (Phi) is 6.29. The zero-order valence-corrected chi connectivity index (χ0v) is 19.8. The van der Waals surface area contributed by atoms with E-state index in [1.54, 1.807) is 6.07 Å².